The van der Waals surface area contributed by atoms with Gasteiger partial charge in [0.25, 0.3) is 0 Å². The van der Waals surface area contributed by atoms with Crippen LogP contribution in [0.2, 0.25) is 0 Å². The van der Waals surface area contributed by atoms with Gasteiger partial charge in [0.05, 0.1) is 18.6 Å². The Kier molecular flexibility index (Phi) is 5.14. The van der Waals surface area contributed by atoms with E-state index in [-0.39, 0.29) is 24.3 Å². The number of carbonyl (C=O) groups excluding carboxylic acids is 2. The van der Waals surface area contributed by atoms with Crippen LogP contribution < -0.4 is 10.6 Å². The van der Waals surface area contributed by atoms with Gasteiger partial charge in [-0.3, -0.25) is 9.59 Å². The Balaban J connectivity index is 1.83. The van der Waals surface area contributed by atoms with Crippen LogP contribution in [0, 0.1) is 5.92 Å². The van der Waals surface area contributed by atoms with Crippen molar-refractivity contribution in [2.24, 2.45) is 5.92 Å². The molecule has 1 aromatic rings. The molecule has 0 bridgehead atoms. The minimum absolute atomic E-state index is 0.156. The monoisotopic (exact) mass is 296 g/mol. The number of hydrogen-bond acceptors (Lipinski definition) is 4. The van der Waals surface area contributed by atoms with Crippen LogP contribution in [0.3, 0.4) is 0 Å². The first-order valence-corrected chi connectivity index (χ1v) is 7.69. The summed E-state index contributed by atoms with van der Waals surface area (Å²) in [5.41, 5.74) is 0. The highest BCUT2D eigenvalue weighted by molar-refractivity contribution is 7.10. The lowest BCUT2D eigenvalue weighted by Crippen LogP contribution is -2.36. The van der Waals surface area contributed by atoms with Gasteiger partial charge < -0.3 is 15.7 Å². The minimum Gasteiger partial charge on any atom is -0.391 e. The largest absolute Gasteiger partial charge is 0.391 e. The lowest BCUT2D eigenvalue weighted by Gasteiger charge is -2.17. The van der Waals surface area contributed by atoms with Gasteiger partial charge in [0, 0.05) is 18.3 Å². The Morgan fingerprint density at radius 3 is 2.80 bits per heavy atom. The first-order chi connectivity index (χ1) is 9.56. The number of rotatable bonds is 7. The average molecular weight is 296 g/mol. The molecule has 0 saturated heterocycles. The summed E-state index contributed by atoms with van der Waals surface area (Å²) < 4.78 is 0. The van der Waals surface area contributed by atoms with Crippen LogP contribution in [0.1, 0.15) is 37.1 Å². The molecule has 6 heteroatoms. The Labute approximate surface area is 122 Å². The molecule has 1 aromatic heterocycles. The molecule has 1 aliphatic rings. The lowest BCUT2D eigenvalue weighted by atomic mass is 10.1. The van der Waals surface area contributed by atoms with Crippen molar-refractivity contribution in [2.75, 3.05) is 6.54 Å². The van der Waals surface area contributed by atoms with Gasteiger partial charge in [-0.1, -0.05) is 6.07 Å². The molecule has 0 radical (unpaired) electrons. The molecular weight excluding hydrogens is 276 g/mol. The Hall–Kier alpha value is -1.40. The summed E-state index contributed by atoms with van der Waals surface area (Å²) >= 11 is 1.51. The second kappa shape index (κ2) is 6.85. The maximum Gasteiger partial charge on any atom is 0.222 e. The van der Waals surface area contributed by atoms with E-state index >= 15 is 0 Å². The highest BCUT2D eigenvalue weighted by atomic mass is 32.1. The molecule has 5 nitrogen and oxygen atoms in total. The van der Waals surface area contributed by atoms with Crippen LogP contribution in [-0.4, -0.2) is 29.6 Å². The summed E-state index contributed by atoms with van der Waals surface area (Å²) in [5.74, 6) is 0.0322. The Bertz CT molecular complexity index is 457. The van der Waals surface area contributed by atoms with E-state index < -0.39 is 6.10 Å². The highest BCUT2D eigenvalue weighted by Gasteiger charge is 2.29. The molecule has 110 valence electrons. The molecule has 1 heterocycles. The van der Waals surface area contributed by atoms with E-state index in [2.05, 4.69) is 10.6 Å². The van der Waals surface area contributed by atoms with Gasteiger partial charge in [0.1, 0.15) is 0 Å². The lowest BCUT2D eigenvalue weighted by molar-refractivity contribution is -0.123. The van der Waals surface area contributed by atoms with E-state index in [1.807, 2.05) is 17.5 Å². The summed E-state index contributed by atoms with van der Waals surface area (Å²) in [5, 5.41) is 17.2. The third kappa shape index (κ3) is 4.61. The van der Waals surface area contributed by atoms with Gasteiger partial charge in [0.2, 0.25) is 11.8 Å². The zero-order chi connectivity index (χ0) is 14.5. The number of amides is 2. The van der Waals surface area contributed by atoms with E-state index in [4.69, 9.17) is 0 Å². The SMILES string of the molecule is CC(=O)NC(CC(=O)NCC(O)C1CC1)c1cccs1. The number of nitrogens with one attached hydrogen (secondary N) is 2. The molecule has 1 aliphatic carbocycles. The average Bonchev–Trinajstić information content (AvgIpc) is 3.10. The number of thiophene rings is 1. The van der Waals surface area contributed by atoms with Crippen LogP contribution in [0.15, 0.2) is 17.5 Å². The number of carbonyl (C=O) groups is 2. The summed E-state index contributed by atoms with van der Waals surface area (Å²) in [6, 6.07) is 3.49. The first-order valence-electron chi connectivity index (χ1n) is 6.81. The summed E-state index contributed by atoms with van der Waals surface area (Å²) in [6.07, 6.45) is 1.83. The van der Waals surface area contributed by atoms with Crippen molar-refractivity contribution in [3.05, 3.63) is 22.4 Å². The van der Waals surface area contributed by atoms with E-state index in [1.54, 1.807) is 0 Å². The molecule has 0 aliphatic heterocycles. The first kappa shape index (κ1) is 15.0. The third-order valence-corrected chi connectivity index (χ3v) is 4.31. The smallest absolute Gasteiger partial charge is 0.222 e. The fourth-order valence-electron chi connectivity index (χ4n) is 2.08. The highest BCUT2D eigenvalue weighted by Crippen LogP contribution is 2.32. The van der Waals surface area contributed by atoms with Gasteiger partial charge >= 0.3 is 0 Å². The molecule has 2 unspecified atom stereocenters. The maximum atomic E-state index is 11.9. The van der Waals surface area contributed by atoms with Crippen molar-refractivity contribution >= 4 is 23.2 Å². The second-order valence-corrected chi connectivity index (χ2v) is 6.16. The molecule has 0 spiro atoms. The summed E-state index contributed by atoms with van der Waals surface area (Å²) in [6.45, 7) is 1.73. The summed E-state index contributed by atoms with van der Waals surface area (Å²) in [4.78, 5) is 24.1. The van der Waals surface area contributed by atoms with Crippen molar-refractivity contribution in [1.82, 2.24) is 10.6 Å². The predicted molar refractivity (Wildman–Crippen MR) is 77.2 cm³/mol. The molecule has 3 N–H and O–H groups in total. The Morgan fingerprint density at radius 2 is 2.25 bits per heavy atom. The zero-order valence-electron chi connectivity index (χ0n) is 11.5. The van der Waals surface area contributed by atoms with Crippen LogP contribution in [0.4, 0.5) is 0 Å². The van der Waals surface area contributed by atoms with Gasteiger partial charge in [-0.05, 0) is 30.2 Å². The summed E-state index contributed by atoms with van der Waals surface area (Å²) in [7, 11) is 0. The fraction of sp³-hybridized carbons (Fsp3) is 0.571. The fourth-order valence-corrected chi connectivity index (χ4v) is 2.86. The molecule has 0 aromatic carbocycles. The van der Waals surface area contributed by atoms with Crippen LogP contribution in [-0.2, 0) is 9.59 Å². The Morgan fingerprint density at radius 1 is 1.50 bits per heavy atom. The minimum atomic E-state index is -0.445. The number of hydrogen-bond donors (Lipinski definition) is 3. The predicted octanol–water partition coefficient (Wildman–Crippen LogP) is 1.20. The van der Waals surface area contributed by atoms with Crippen molar-refractivity contribution in [3.8, 4) is 0 Å². The van der Waals surface area contributed by atoms with Gasteiger partial charge in [-0.15, -0.1) is 11.3 Å². The quantitative estimate of drug-likeness (QED) is 0.707. The number of aliphatic hydroxyl groups is 1. The van der Waals surface area contributed by atoms with E-state index in [0.717, 1.165) is 17.7 Å². The standard InChI is InChI=1S/C14H20N2O3S/c1-9(17)16-11(13-3-2-6-20-13)7-14(19)15-8-12(18)10-4-5-10/h2-3,6,10-12,18H,4-5,7-8H2,1H3,(H,15,19)(H,16,17). The molecular formula is C14H20N2O3S. The van der Waals surface area contributed by atoms with Crippen molar-refractivity contribution < 1.29 is 14.7 Å². The molecule has 2 atom stereocenters. The van der Waals surface area contributed by atoms with Gasteiger partial charge in [-0.2, -0.15) is 0 Å². The van der Waals surface area contributed by atoms with E-state index in [0.29, 0.717) is 12.5 Å². The molecule has 20 heavy (non-hydrogen) atoms. The van der Waals surface area contributed by atoms with Crippen LogP contribution in [0.5, 0.6) is 0 Å². The van der Waals surface area contributed by atoms with Gasteiger partial charge in [0.15, 0.2) is 0 Å². The van der Waals surface area contributed by atoms with Crippen LogP contribution in [0.25, 0.3) is 0 Å². The van der Waals surface area contributed by atoms with Crippen LogP contribution >= 0.6 is 11.3 Å². The van der Waals surface area contributed by atoms with Crippen molar-refractivity contribution in [1.29, 1.82) is 0 Å². The van der Waals surface area contributed by atoms with Gasteiger partial charge in [-0.25, -0.2) is 0 Å². The van der Waals surface area contributed by atoms with Crippen molar-refractivity contribution in [2.45, 2.75) is 38.3 Å². The zero-order valence-corrected chi connectivity index (χ0v) is 12.3. The molecule has 2 rings (SSSR count). The van der Waals surface area contributed by atoms with E-state index in [9.17, 15) is 14.7 Å². The second-order valence-electron chi connectivity index (χ2n) is 5.18. The molecule has 1 saturated carbocycles. The normalized spacial score (nSPS) is 17.3. The molecule has 2 amide bonds. The van der Waals surface area contributed by atoms with E-state index in [1.165, 1.54) is 18.3 Å². The van der Waals surface area contributed by atoms with Crippen molar-refractivity contribution in [3.63, 3.8) is 0 Å². The molecule has 1 fully saturated rings. The third-order valence-electron chi connectivity index (χ3n) is 3.33. The maximum absolute atomic E-state index is 11.9. The number of aliphatic hydroxyl groups excluding tert-OH is 1. The topological polar surface area (TPSA) is 78.4 Å².